The zero-order chi connectivity index (χ0) is 23.9. The Hall–Kier alpha value is -3.63. The number of aromatic nitrogens is 1. The van der Waals surface area contributed by atoms with Crippen molar-refractivity contribution in [2.24, 2.45) is 0 Å². The van der Waals surface area contributed by atoms with Crippen LogP contribution in [0.3, 0.4) is 0 Å². The molecule has 1 aromatic carbocycles. The Morgan fingerprint density at radius 3 is 2.42 bits per heavy atom. The lowest BCUT2D eigenvalue weighted by molar-refractivity contribution is -0.137. The molecule has 2 aliphatic heterocycles. The molecular weight excluding hydrogens is 441 g/mol. The summed E-state index contributed by atoms with van der Waals surface area (Å²) in [4.78, 5) is 46.6. The van der Waals surface area contributed by atoms with Crippen LogP contribution in [-0.2, 0) is 11.0 Å². The minimum absolute atomic E-state index is 0.0352. The first-order valence-electron chi connectivity index (χ1n) is 10.2. The first kappa shape index (κ1) is 22.6. The van der Waals surface area contributed by atoms with Crippen LogP contribution in [0.15, 0.2) is 30.3 Å². The highest BCUT2D eigenvalue weighted by Crippen LogP contribution is 2.32. The normalized spacial score (nSPS) is 16.3. The molecule has 2 aromatic rings. The molecule has 11 heteroatoms. The third kappa shape index (κ3) is 4.22. The lowest BCUT2D eigenvalue weighted by atomic mass is 10.1. The number of pyridine rings is 1. The number of rotatable bonds is 4. The van der Waals surface area contributed by atoms with Gasteiger partial charge in [-0.25, -0.2) is 4.98 Å². The number of hydrogen-bond donors (Lipinski definition) is 0. The molecule has 0 unspecified atom stereocenters. The van der Waals surface area contributed by atoms with E-state index in [9.17, 15) is 27.6 Å². The van der Waals surface area contributed by atoms with Crippen LogP contribution in [0.4, 0.5) is 18.9 Å². The molecule has 4 rings (SSSR count). The number of fused-ring (bicyclic) bond motifs is 1. The van der Waals surface area contributed by atoms with Gasteiger partial charge in [-0.2, -0.15) is 13.2 Å². The fourth-order valence-corrected chi connectivity index (χ4v) is 4.01. The van der Waals surface area contributed by atoms with E-state index in [-0.39, 0.29) is 30.1 Å². The maximum Gasteiger partial charge on any atom is 0.416 e. The number of anilines is 1. The number of piperazine rings is 1. The number of methoxy groups -OCH3 is 1. The van der Waals surface area contributed by atoms with Gasteiger partial charge in [0.25, 0.3) is 11.8 Å². The number of carbonyl (C=O) groups is 3. The number of amides is 3. The lowest BCUT2D eigenvalue weighted by Gasteiger charge is -2.36. The third-order valence-corrected chi connectivity index (χ3v) is 5.71. The summed E-state index contributed by atoms with van der Waals surface area (Å²) >= 11 is 0. The average Bonchev–Trinajstić information content (AvgIpc) is 3.02. The van der Waals surface area contributed by atoms with Gasteiger partial charge >= 0.3 is 6.18 Å². The zero-order valence-electron chi connectivity index (χ0n) is 18.0. The standard InChI is InChI=1S/C22H21F3N4O4/c1-13-10-16-18(19(26-13)33-2)21(32)29(20(16)31)12-17(30)28-8-6-27(7-9-28)15-5-3-4-14(11-15)22(23,24)25/h3-5,10-11H,6-9,12H2,1-2H3. The van der Waals surface area contributed by atoms with Crippen molar-refractivity contribution in [3.05, 3.63) is 52.7 Å². The number of alkyl halides is 3. The Morgan fingerprint density at radius 2 is 1.79 bits per heavy atom. The third-order valence-electron chi connectivity index (χ3n) is 5.71. The first-order chi connectivity index (χ1) is 15.6. The summed E-state index contributed by atoms with van der Waals surface area (Å²) in [6, 6.07) is 6.52. The van der Waals surface area contributed by atoms with Crippen molar-refractivity contribution < 1.29 is 32.3 Å². The van der Waals surface area contributed by atoms with Crippen molar-refractivity contribution in [3.63, 3.8) is 0 Å². The van der Waals surface area contributed by atoms with Crippen molar-refractivity contribution in [3.8, 4) is 5.88 Å². The second-order valence-electron chi connectivity index (χ2n) is 7.81. The predicted octanol–water partition coefficient (Wildman–Crippen LogP) is 2.36. The number of nitrogens with zero attached hydrogens (tertiary/aromatic N) is 4. The van der Waals surface area contributed by atoms with Crippen molar-refractivity contribution in [2.45, 2.75) is 13.1 Å². The molecule has 8 nitrogen and oxygen atoms in total. The quantitative estimate of drug-likeness (QED) is 0.649. The second kappa shape index (κ2) is 8.38. The van der Waals surface area contributed by atoms with Gasteiger partial charge in [-0.3, -0.25) is 19.3 Å². The number of aryl methyl sites for hydroxylation is 1. The van der Waals surface area contributed by atoms with Gasteiger partial charge in [0.05, 0.1) is 18.2 Å². The molecule has 1 saturated heterocycles. The molecule has 0 radical (unpaired) electrons. The summed E-state index contributed by atoms with van der Waals surface area (Å²) in [7, 11) is 1.34. The Labute approximate surface area is 187 Å². The van der Waals surface area contributed by atoms with Gasteiger partial charge in [0, 0.05) is 37.6 Å². The number of carbonyl (C=O) groups excluding carboxylic acids is 3. The molecule has 0 N–H and O–H groups in total. The van der Waals surface area contributed by atoms with E-state index in [1.165, 1.54) is 24.1 Å². The van der Waals surface area contributed by atoms with Gasteiger partial charge in [-0.15, -0.1) is 0 Å². The van der Waals surface area contributed by atoms with Gasteiger partial charge in [-0.1, -0.05) is 6.07 Å². The number of ether oxygens (including phenoxy) is 1. The molecule has 33 heavy (non-hydrogen) atoms. The SMILES string of the molecule is COc1nc(C)cc2c1C(=O)N(CC(=O)N1CCN(c3cccc(C(F)(F)F)c3)CC1)C2=O. The highest BCUT2D eigenvalue weighted by Gasteiger charge is 2.41. The highest BCUT2D eigenvalue weighted by atomic mass is 19.4. The molecule has 0 atom stereocenters. The van der Waals surface area contributed by atoms with Crippen LogP contribution in [0.1, 0.15) is 32.0 Å². The smallest absolute Gasteiger partial charge is 0.416 e. The summed E-state index contributed by atoms with van der Waals surface area (Å²) in [5, 5.41) is 0. The van der Waals surface area contributed by atoms with E-state index in [1.807, 2.05) is 0 Å². The van der Waals surface area contributed by atoms with Crippen LogP contribution in [0, 0.1) is 6.92 Å². The van der Waals surface area contributed by atoms with Crippen LogP contribution in [-0.4, -0.2) is 72.3 Å². The highest BCUT2D eigenvalue weighted by molar-refractivity contribution is 6.23. The zero-order valence-corrected chi connectivity index (χ0v) is 18.0. The number of imide groups is 1. The number of benzene rings is 1. The van der Waals surface area contributed by atoms with E-state index < -0.39 is 36.0 Å². The topological polar surface area (TPSA) is 83.1 Å². The molecule has 3 heterocycles. The van der Waals surface area contributed by atoms with E-state index in [0.717, 1.165) is 17.0 Å². The number of halogens is 3. The molecule has 0 aliphatic carbocycles. The van der Waals surface area contributed by atoms with Crippen LogP contribution in [0.25, 0.3) is 0 Å². The van der Waals surface area contributed by atoms with Crippen LogP contribution in [0.2, 0.25) is 0 Å². The molecule has 0 saturated carbocycles. The molecule has 0 spiro atoms. The number of hydrogen-bond acceptors (Lipinski definition) is 6. The van der Waals surface area contributed by atoms with Crippen LogP contribution in [0.5, 0.6) is 5.88 Å². The fourth-order valence-electron chi connectivity index (χ4n) is 4.01. The molecule has 0 bridgehead atoms. The van der Waals surface area contributed by atoms with Gasteiger partial charge < -0.3 is 14.5 Å². The van der Waals surface area contributed by atoms with Crippen molar-refractivity contribution in [1.82, 2.24) is 14.8 Å². The Bertz CT molecular complexity index is 1130. The van der Waals surface area contributed by atoms with E-state index in [0.29, 0.717) is 24.5 Å². The van der Waals surface area contributed by atoms with Crippen molar-refractivity contribution >= 4 is 23.4 Å². The van der Waals surface area contributed by atoms with Crippen LogP contribution < -0.4 is 9.64 Å². The lowest BCUT2D eigenvalue weighted by Crippen LogP contribution is -2.52. The summed E-state index contributed by atoms with van der Waals surface area (Å²) in [5.41, 5.74) is 0.379. The molecule has 1 aromatic heterocycles. The first-order valence-corrected chi connectivity index (χ1v) is 10.2. The minimum Gasteiger partial charge on any atom is -0.480 e. The summed E-state index contributed by atoms with van der Waals surface area (Å²) in [6.07, 6.45) is -4.43. The summed E-state index contributed by atoms with van der Waals surface area (Å²) < 4.78 is 44.1. The Morgan fingerprint density at radius 1 is 1.09 bits per heavy atom. The summed E-state index contributed by atoms with van der Waals surface area (Å²) in [6.45, 7) is 2.39. The monoisotopic (exact) mass is 462 g/mol. The largest absolute Gasteiger partial charge is 0.480 e. The Balaban J connectivity index is 1.41. The molecule has 1 fully saturated rings. The van der Waals surface area contributed by atoms with E-state index in [2.05, 4.69) is 4.98 Å². The van der Waals surface area contributed by atoms with Gasteiger partial charge in [0.1, 0.15) is 12.1 Å². The summed E-state index contributed by atoms with van der Waals surface area (Å²) in [5.74, 6) is -1.62. The maximum absolute atomic E-state index is 13.0. The second-order valence-corrected chi connectivity index (χ2v) is 7.81. The average molecular weight is 462 g/mol. The maximum atomic E-state index is 13.0. The van der Waals surface area contributed by atoms with Crippen LogP contribution >= 0.6 is 0 Å². The van der Waals surface area contributed by atoms with E-state index in [4.69, 9.17) is 4.74 Å². The molecule has 174 valence electrons. The fraction of sp³-hybridized carbons (Fsp3) is 0.364. The minimum atomic E-state index is -4.43. The van der Waals surface area contributed by atoms with Gasteiger partial charge in [0.15, 0.2) is 0 Å². The van der Waals surface area contributed by atoms with Gasteiger partial charge in [0.2, 0.25) is 11.8 Å². The molecule has 3 amide bonds. The van der Waals surface area contributed by atoms with E-state index >= 15 is 0 Å². The molecule has 2 aliphatic rings. The van der Waals surface area contributed by atoms with Crippen molar-refractivity contribution in [1.29, 1.82) is 0 Å². The van der Waals surface area contributed by atoms with Gasteiger partial charge in [-0.05, 0) is 31.2 Å². The molecular formula is C22H21F3N4O4. The van der Waals surface area contributed by atoms with E-state index in [1.54, 1.807) is 17.9 Å². The van der Waals surface area contributed by atoms with Crippen molar-refractivity contribution in [2.75, 3.05) is 44.7 Å². The predicted molar refractivity (Wildman–Crippen MR) is 111 cm³/mol. The Kier molecular flexibility index (Phi) is 5.73.